The summed E-state index contributed by atoms with van der Waals surface area (Å²) >= 11 is 1.67. The zero-order valence-corrected chi connectivity index (χ0v) is 9.45. The lowest BCUT2D eigenvalue weighted by Crippen LogP contribution is -2.15. The molecule has 1 aromatic carbocycles. The number of fused-ring (bicyclic) bond motifs is 2. The molecule has 1 atom stereocenters. The molecule has 1 aliphatic heterocycles. The average Bonchev–Trinajstić information content (AvgIpc) is 2.70. The molecule has 1 aromatic heterocycles. The van der Waals surface area contributed by atoms with Gasteiger partial charge in [0.1, 0.15) is 0 Å². The van der Waals surface area contributed by atoms with Crippen LogP contribution < -0.4 is 5.32 Å². The number of nitrogens with one attached hydrogen (secondary N) is 1. The molecule has 0 radical (unpaired) electrons. The second-order valence-electron chi connectivity index (χ2n) is 3.73. The third kappa shape index (κ3) is 1.50. The molecular formula is C12H12N2OS. The van der Waals surface area contributed by atoms with E-state index < -0.39 is 0 Å². The first-order chi connectivity index (χ1) is 7.88. The van der Waals surface area contributed by atoms with E-state index in [1.165, 1.54) is 4.90 Å². The van der Waals surface area contributed by atoms with Crippen molar-refractivity contribution in [2.24, 2.45) is 0 Å². The van der Waals surface area contributed by atoms with E-state index in [1.807, 2.05) is 36.5 Å². The molecule has 0 amide bonds. The van der Waals surface area contributed by atoms with Crippen molar-refractivity contribution in [3.63, 3.8) is 0 Å². The number of hydrogen-bond acceptors (Lipinski definition) is 3. The minimum absolute atomic E-state index is 0.0360. The molecular weight excluding hydrogens is 220 g/mol. The van der Waals surface area contributed by atoms with Gasteiger partial charge in [0.05, 0.1) is 28.9 Å². The van der Waals surface area contributed by atoms with Crippen LogP contribution in [0.1, 0.15) is 11.7 Å². The monoisotopic (exact) mass is 232 g/mol. The van der Waals surface area contributed by atoms with E-state index >= 15 is 0 Å². The van der Waals surface area contributed by atoms with E-state index in [-0.39, 0.29) is 12.6 Å². The van der Waals surface area contributed by atoms with Crippen LogP contribution in [0.15, 0.2) is 47.5 Å². The summed E-state index contributed by atoms with van der Waals surface area (Å²) in [6, 6.07) is 12.1. The molecule has 0 bridgehead atoms. The molecule has 1 aliphatic rings. The summed E-state index contributed by atoms with van der Waals surface area (Å²) in [6.07, 6.45) is 2.02. The van der Waals surface area contributed by atoms with E-state index in [0.717, 1.165) is 11.4 Å². The molecule has 82 valence electrons. The highest BCUT2D eigenvalue weighted by atomic mass is 32.2. The maximum Gasteiger partial charge on any atom is 0.0907 e. The van der Waals surface area contributed by atoms with Crippen molar-refractivity contribution in [3.8, 4) is 0 Å². The van der Waals surface area contributed by atoms with Gasteiger partial charge >= 0.3 is 0 Å². The van der Waals surface area contributed by atoms with Crippen molar-refractivity contribution in [2.75, 3.05) is 11.9 Å². The lowest BCUT2D eigenvalue weighted by molar-refractivity contribution is 0.274. The van der Waals surface area contributed by atoms with Crippen LogP contribution in [0.25, 0.3) is 0 Å². The molecule has 0 saturated carbocycles. The lowest BCUT2D eigenvalue weighted by Gasteiger charge is -2.15. The van der Waals surface area contributed by atoms with E-state index in [4.69, 9.17) is 0 Å². The van der Waals surface area contributed by atoms with Gasteiger partial charge in [-0.2, -0.15) is 0 Å². The fourth-order valence-electron chi connectivity index (χ4n) is 1.90. The first-order valence-corrected chi connectivity index (χ1v) is 5.98. The predicted octanol–water partition coefficient (Wildman–Crippen LogP) is 2.50. The van der Waals surface area contributed by atoms with Gasteiger partial charge < -0.3 is 10.4 Å². The summed E-state index contributed by atoms with van der Waals surface area (Å²) in [5, 5.41) is 12.8. The number of anilines is 1. The highest BCUT2D eigenvalue weighted by Crippen LogP contribution is 2.36. The number of aromatic nitrogens is 1. The van der Waals surface area contributed by atoms with Crippen molar-refractivity contribution >= 4 is 17.6 Å². The predicted molar refractivity (Wildman–Crippen MR) is 65.6 cm³/mol. The van der Waals surface area contributed by atoms with E-state index in [2.05, 4.69) is 15.4 Å². The van der Waals surface area contributed by atoms with Crippen LogP contribution in [0.5, 0.6) is 0 Å². The zero-order valence-electron chi connectivity index (χ0n) is 8.63. The molecule has 2 heterocycles. The van der Waals surface area contributed by atoms with E-state index in [1.54, 1.807) is 11.9 Å². The molecule has 0 spiro atoms. The molecule has 2 N–H and O–H groups in total. The Morgan fingerprint density at radius 1 is 1.25 bits per heavy atom. The number of aliphatic hydroxyl groups excluding tert-OH is 1. The summed E-state index contributed by atoms with van der Waals surface area (Å²) < 4.78 is 2.10. The topological polar surface area (TPSA) is 37.2 Å². The fraction of sp³-hybridized carbons (Fsp3) is 0.167. The molecule has 4 heteroatoms. The Hall–Kier alpha value is -1.39. The van der Waals surface area contributed by atoms with Crippen LogP contribution in [0.2, 0.25) is 0 Å². The molecule has 2 aromatic rings. The number of hydrogen-bond donors (Lipinski definition) is 2. The number of nitrogens with zero attached hydrogens (tertiary/aromatic N) is 1. The first kappa shape index (κ1) is 9.81. The average molecular weight is 232 g/mol. The van der Waals surface area contributed by atoms with Gasteiger partial charge in [-0.05, 0) is 36.2 Å². The second kappa shape index (κ2) is 3.88. The molecule has 0 aliphatic carbocycles. The normalized spacial score (nSPS) is 18.2. The van der Waals surface area contributed by atoms with Crippen LogP contribution in [-0.4, -0.2) is 15.7 Å². The fourth-order valence-corrected chi connectivity index (χ4v) is 2.91. The third-order valence-electron chi connectivity index (χ3n) is 2.70. The standard InChI is InChI=1S/C12H12N2OS/c15-8-10-11-5-3-7-14(11)16-12-6-2-1-4-9(12)13-10/h1-7,10,13,15H,8H2. The quantitative estimate of drug-likeness (QED) is 0.793. The van der Waals surface area contributed by atoms with Crippen molar-refractivity contribution in [3.05, 3.63) is 48.3 Å². The molecule has 3 nitrogen and oxygen atoms in total. The van der Waals surface area contributed by atoms with Crippen LogP contribution in [0, 0.1) is 0 Å². The number of para-hydroxylation sites is 1. The lowest BCUT2D eigenvalue weighted by atomic mass is 10.2. The number of aliphatic hydroxyl groups is 1. The largest absolute Gasteiger partial charge is 0.394 e. The molecule has 0 saturated heterocycles. The Kier molecular flexibility index (Phi) is 2.38. The maximum absolute atomic E-state index is 9.42. The van der Waals surface area contributed by atoms with Crippen LogP contribution in [-0.2, 0) is 0 Å². The smallest absolute Gasteiger partial charge is 0.0907 e. The summed E-state index contributed by atoms with van der Waals surface area (Å²) in [7, 11) is 0. The summed E-state index contributed by atoms with van der Waals surface area (Å²) in [4.78, 5) is 1.18. The highest BCUT2D eigenvalue weighted by molar-refractivity contribution is 7.98. The van der Waals surface area contributed by atoms with Gasteiger partial charge in [0.25, 0.3) is 0 Å². The van der Waals surface area contributed by atoms with Gasteiger partial charge in [-0.3, -0.25) is 3.97 Å². The maximum atomic E-state index is 9.42. The van der Waals surface area contributed by atoms with Crippen molar-refractivity contribution in [1.29, 1.82) is 0 Å². The van der Waals surface area contributed by atoms with E-state index in [0.29, 0.717) is 0 Å². The SMILES string of the molecule is OCC1Nc2ccccc2Sn2cccc21. The van der Waals surface area contributed by atoms with Gasteiger partial charge in [-0.15, -0.1) is 0 Å². The molecule has 1 unspecified atom stereocenters. The molecule has 0 fully saturated rings. The van der Waals surface area contributed by atoms with Gasteiger partial charge in [0.15, 0.2) is 0 Å². The summed E-state index contributed by atoms with van der Waals surface area (Å²) in [5.41, 5.74) is 2.18. The molecule has 3 rings (SSSR count). The van der Waals surface area contributed by atoms with Gasteiger partial charge in [0.2, 0.25) is 0 Å². The Morgan fingerprint density at radius 2 is 2.12 bits per heavy atom. The Labute approximate surface area is 98.2 Å². The van der Waals surface area contributed by atoms with Crippen molar-refractivity contribution in [1.82, 2.24) is 3.97 Å². The van der Waals surface area contributed by atoms with Crippen LogP contribution in [0.3, 0.4) is 0 Å². The van der Waals surface area contributed by atoms with Crippen molar-refractivity contribution < 1.29 is 5.11 Å². The van der Waals surface area contributed by atoms with Gasteiger partial charge in [-0.1, -0.05) is 12.1 Å². The summed E-state index contributed by atoms with van der Waals surface area (Å²) in [5.74, 6) is 0. The minimum Gasteiger partial charge on any atom is -0.394 e. The van der Waals surface area contributed by atoms with Crippen LogP contribution >= 0.6 is 11.9 Å². The van der Waals surface area contributed by atoms with E-state index in [9.17, 15) is 5.11 Å². The van der Waals surface area contributed by atoms with Crippen molar-refractivity contribution in [2.45, 2.75) is 10.9 Å². The van der Waals surface area contributed by atoms with Gasteiger partial charge in [-0.25, -0.2) is 0 Å². The third-order valence-corrected chi connectivity index (χ3v) is 3.78. The first-order valence-electron chi connectivity index (χ1n) is 5.20. The number of benzene rings is 1. The summed E-state index contributed by atoms with van der Waals surface area (Å²) in [6.45, 7) is 0.0961. The number of rotatable bonds is 1. The Balaban J connectivity index is 2.11. The molecule has 16 heavy (non-hydrogen) atoms. The Bertz CT molecular complexity index is 509. The van der Waals surface area contributed by atoms with Gasteiger partial charge in [0, 0.05) is 6.20 Å². The second-order valence-corrected chi connectivity index (χ2v) is 4.74. The van der Waals surface area contributed by atoms with Crippen LogP contribution in [0.4, 0.5) is 5.69 Å². The Morgan fingerprint density at radius 3 is 3.00 bits per heavy atom. The highest BCUT2D eigenvalue weighted by Gasteiger charge is 2.20. The minimum atomic E-state index is -0.0360. The zero-order chi connectivity index (χ0) is 11.0.